The summed E-state index contributed by atoms with van der Waals surface area (Å²) in [6.07, 6.45) is 1.74. The van der Waals surface area contributed by atoms with Gasteiger partial charge in [0.25, 0.3) is 0 Å². The summed E-state index contributed by atoms with van der Waals surface area (Å²) in [6.45, 7) is 1.19. The van der Waals surface area contributed by atoms with E-state index >= 15 is 0 Å². The van der Waals surface area contributed by atoms with E-state index in [-0.39, 0.29) is 17.7 Å². The van der Waals surface area contributed by atoms with E-state index < -0.39 is 0 Å². The highest BCUT2D eigenvalue weighted by molar-refractivity contribution is 5.56. The lowest BCUT2D eigenvalue weighted by atomic mass is 9.84. The standard InChI is InChI=1S/C12H13FO2/c13-11-3-1-9(2-4-11)12-8-15-6-5-10(12)7-14/h1-4,7,10,12H,5-6,8H2. The van der Waals surface area contributed by atoms with Crippen LogP contribution >= 0.6 is 0 Å². The molecule has 0 saturated carbocycles. The van der Waals surface area contributed by atoms with Crippen molar-refractivity contribution in [1.29, 1.82) is 0 Å². The topological polar surface area (TPSA) is 26.3 Å². The van der Waals surface area contributed by atoms with Crippen LogP contribution in [0.4, 0.5) is 4.39 Å². The minimum atomic E-state index is -0.252. The number of ether oxygens (including phenoxy) is 1. The van der Waals surface area contributed by atoms with Gasteiger partial charge in [0.05, 0.1) is 6.61 Å². The van der Waals surface area contributed by atoms with E-state index in [9.17, 15) is 9.18 Å². The van der Waals surface area contributed by atoms with Gasteiger partial charge in [-0.05, 0) is 24.1 Å². The number of hydrogen-bond donors (Lipinski definition) is 0. The largest absolute Gasteiger partial charge is 0.381 e. The van der Waals surface area contributed by atoms with Gasteiger partial charge in [-0.3, -0.25) is 0 Å². The molecule has 1 aliphatic heterocycles. The maximum atomic E-state index is 12.7. The molecule has 0 amide bonds. The third-order valence-corrected chi connectivity index (χ3v) is 2.88. The van der Waals surface area contributed by atoms with Crippen LogP contribution in [0.15, 0.2) is 24.3 Å². The first-order chi connectivity index (χ1) is 7.31. The Morgan fingerprint density at radius 2 is 2.07 bits per heavy atom. The monoisotopic (exact) mass is 208 g/mol. The summed E-state index contributed by atoms with van der Waals surface area (Å²) in [5, 5.41) is 0. The Bertz CT molecular complexity index is 334. The molecule has 1 aliphatic rings. The number of aldehydes is 1. The van der Waals surface area contributed by atoms with Crippen molar-refractivity contribution in [2.45, 2.75) is 12.3 Å². The molecule has 0 aromatic heterocycles. The number of benzene rings is 1. The molecule has 0 spiro atoms. The molecule has 15 heavy (non-hydrogen) atoms. The molecule has 1 fully saturated rings. The highest BCUT2D eigenvalue weighted by Crippen LogP contribution is 2.29. The van der Waals surface area contributed by atoms with E-state index in [1.165, 1.54) is 12.1 Å². The molecule has 80 valence electrons. The zero-order chi connectivity index (χ0) is 10.7. The molecule has 3 heteroatoms. The SMILES string of the molecule is O=CC1CCOCC1c1ccc(F)cc1. The van der Waals surface area contributed by atoms with Gasteiger partial charge >= 0.3 is 0 Å². The number of rotatable bonds is 2. The molecule has 2 rings (SSSR count). The summed E-state index contributed by atoms with van der Waals surface area (Å²) in [5.41, 5.74) is 0.980. The lowest BCUT2D eigenvalue weighted by Crippen LogP contribution is -2.26. The second-order valence-electron chi connectivity index (χ2n) is 3.82. The first kappa shape index (κ1) is 10.3. The van der Waals surface area contributed by atoms with Gasteiger partial charge in [0.1, 0.15) is 12.1 Å². The maximum absolute atomic E-state index is 12.7. The molecule has 2 nitrogen and oxygen atoms in total. The Balaban J connectivity index is 2.20. The lowest BCUT2D eigenvalue weighted by Gasteiger charge is -2.28. The fourth-order valence-corrected chi connectivity index (χ4v) is 1.97. The van der Waals surface area contributed by atoms with E-state index in [1.807, 2.05) is 0 Å². The van der Waals surface area contributed by atoms with Crippen molar-refractivity contribution in [2.75, 3.05) is 13.2 Å². The molecule has 1 heterocycles. The molecule has 1 aromatic carbocycles. The molecule has 0 aliphatic carbocycles. The van der Waals surface area contributed by atoms with E-state index in [2.05, 4.69) is 0 Å². The van der Waals surface area contributed by atoms with Crippen molar-refractivity contribution in [3.05, 3.63) is 35.6 Å². The smallest absolute Gasteiger partial charge is 0.123 e. The maximum Gasteiger partial charge on any atom is 0.123 e. The summed E-state index contributed by atoms with van der Waals surface area (Å²) < 4.78 is 18.1. The highest BCUT2D eigenvalue weighted by atomic mass is 19.1. The van der Waals surface area contributed by atoms with Crippen LogP contribution in [0.3, 0.4) is 0 Å². The zero-order valence-corrected chi connectivity index (χ0v) is 8.36. The molecule has 0 N–H and O–H groups in total. The normalized spacial score (nSPS) is 26.2. The van der Waals surface area contributed by atoms with Gasteiger partial charge in [-0.1, -0.05) is 12.1 Å². The van der Waals surface area contributed by atoms with Crippen molar-refractivity contribution in [3.8, 4) is 0 Å². The summed E-state index contributed by atoms with van der Waals surface area (Å²) in [5.74, 6) is -0.167. The molecule has 1 aromatic rings. The van der Waals surface area contributed by atoms with Gasteiger partial charge in [0.15, 0.2) is 0 Å². The van der Waals surface area contributed by atoms with Crippen LogP contribution in [-0.2, 0) is 9.53 Å². The van der Waals surface area contributed by atoms with Crippen molar-refractivity contribution >= 4 is 6.29 Å². The van der Waals surface area contributed by atoms with E-state index in [0.29, 0.717) is 13.2 Å². The van der Waals surface area contributed by atoms with Crippen LogP contribution in [0.25, 0.3) is 0 Å². The number of halogens is 1. The average molecular weight is 208 g/mol. The first-order valence-electron chi connectivity index (χ1n) is 5.10. The minimum absolute atomic E-state index is 0.00390. The predicted molar refractivity (Wildman–Crippen MR) is 54.1 cm³/mol. The predicted octanol–water partition coefficient (Wildman–Crippen LogP) is 2.14. The van der Waals surface area contributed by atoms with Crippen molar-refractivity contribution in [3.63, 3.8) is 0 Å². The summed E-state index contributed by atoms with van der Waals surface area (Å²) >= 11 is 0. The van der Waals surface area contributed by atoms with E-state index in [4.69, 9.17) is 4.74 Å². The lowest BCUT2D eigenvalue weighted by molar-refractivity contribution is -0.114. The second-order valence-corrected chi connectivity index (χ2v) is 3.82. The summed E-state index contributed by atoms with van der Waals surface area (Å²) in [7, 11) is 0. The molecule has 0 radical (unpaired) electrons. The van der Waals surface area contributed by atoms with Gasteiger partial charge in [0.2, 0.25) is 0 Å². The molecule has 0 bridgehead atoms. The van der Waals surface area contributed by atoms with Crippen LogP contribution in [0.5, 0.6) is 0 Å². The van der Waals surface area contributed by atoms with Crippen LogP contribution < -0.4 is 0 Å². The van der Waals surface area contributed by atoms with Crippen LogP contribution in [0.2, 0.25) is 0 Å². The van der Waals surface area contributed by atoms with Crippen molar-refractivity contribution in [2.24, 2.45) is 5.92 Å². The summed E-state index contributed by atoms with van der Waals surface area (Å²) in [6, 6.07) is 6.30. The van der Waals surface area contributed by atoms with Gasteiger partial charge in [-0.15, -0.1) is 0 Å². The molecular weight excluding hydrogens is 195 g/mol. The third-order valence-electron chi connectivity index (χ3n) is 2.88. The Labute approximate surface area is 88.1 Å². The van der Waals surface area contributed by atoms with Crippen molar-refractivity contribution in [1.82, 2.24) is 0 Å². The Morgan fingerprint density at radius 3 is 2.73 bits per heavy atom. The Kier molecular flexibility index (Phi) is 3.11. The summed E-state index contributed by atoms with van der Waals surface area (Å²) in [4.78, 5) is 10.9. The van der Waals surface area contributed by atoms with E-state index in [0.717, 1.165) is 18.3 Å². The molecule has 2 atom stereocenters. The van der Waals surface area contributed by atoms with Crippen LogP contribution in [0, 0.1) is 11.7 Å². The van der Waals surface area contributed by atoms with Crippen LogP contribution in [0.1, 0.15) is 17.9 Å². The van der Waals surface area contributed by atoms with Crippen molar-refractivity contribution < 1.29 is 13.9 Å². The second kappa shape index (κ2) is 4.53. The fourth-order valence-electron chi connectivity index (χ4n) is 1.97. The van der Waals surface area contributed by atoms with Gasteiger partial charge in [0, 0.05) is 18.4 Å². The van der Waals surface area contributed by atoms with E-state index in [1.54, 1.807) is 12.1 Å². The fraction of sp³-hybridized carbons (Fsp3) is 0.417. The first-order valence-corrected chi connectivity index (χ1v) is 5.10. The molecule has 1 saturated heterocycles. The highest BCUT2D eigenvalue weighted by Gasteiger charge is 2.26. The van der Waals surface area contributed by atoms with Gasteiger partial charge in [-0.2, -0.15) is 0 Å². The third kappa shape index (κ3) is 2.23. The molecule has 2 unspecified atom stereocenters. The Hall–Kier alpha value is -1.22. The number of hydrogen-bond acceptors (Lipinski definition) is 2. The average Bonchev–Trinajstić information content (AvgIpc) is 2.30. The minimum Gasteiger partial charge on any atom is -0.381 e. The van der Waals surface area contributed by atoms with Crippen LogP contribution in [-0.4, -0.2) is 19.5 Å². The quantitative estimate of drug-likeness (QED) is 0.696. The number of carbonyl (C=O) groups excluding carboxylic acids is 1. The zero-order valence-electron chi connectivity index (χ0n) is 8.36. The van der Waals surface area contributed by atoms with Gasteiger partial charge in [-0.25, -0.2) is 4.39 Å². The number of carbonyl (C=O) groups is 1. The molecular formula is C12H13FO2. The van der Waals surface area contributed by atoms with Gasteiger partial charge < -0.3 is 9.53 Å². The Morgan fingerprint density at radius 1 is 1.33 bits per heavy atom.